The Balaban J connectivity index is 1.91. The van der Waals surface area contributed by atoms with Crippen LogP contribution in [0.4, 0.5) is 5.69 Å². The van der Waals surface area contributed by atoms with Crippen molar-refractivity contribution in [3.63, 3.8) is 0 Å². The number of anilines is 1. The van der Waals surface area contributed by atoms with E-state index in [1.165, 1.54) is 4.68 Å². The summed E-state index contributed by atoms with van der Waals surface area (Å²) < 4.78 is 7.26. The molecular weight excluding hydrogens is 464 g/mol. The number of ether oxygens (including phenoxy) is 1. The largest absolute Gasteiger partial charge is 0.497 e. The Morgan fingerprint density at radius 1 is 1.06 bits per heavy atom. The molecule has 1 atom stereocenters. The van der Waals surface area contributed by atoms with E-state index in [9.17, 15) is 14.4 Å². The van der Waals surface area contributed by atoms with E-state index in [2.05, 4.69) is 32.0 Å². The van der Waals surface area contributed by atoms with E-state index in [4.69, 9.17) is 4.74 Å². The lowest BCUT2D eigenvalue weighted by molar-refractivity contribution is -0.137. The summed E-state index contributed by atoms with van der Waals surface area (Å²) in [7, 11) is 1.56. The van der Waals surface area contributed by atoms with Crippen LogP contribution in [0.5, 0.6) is 5.75 Å². The maximum absolute atomic E-state index is 13.0. The van der Waals surface area contributed by atoms with Crippen LogP contribution in [-0.2, 0) is 9.59 Å². The number of nitrogens with one attached hydrogen (secondary N) is 3. The number of hydrogen-bond donors (Lipinski definition) is 3. The smallest absolute Gasteiger partial charge is 0.328 e. The van der Waals surface area contributed by atoms with Gasteiger partial charge in [-0.1, -0.05) is 22.9 Å². The predicted octanol–water partition coefficient (Wildman–Crippen LogP) is 3.65. The van der Waals surface area contributed by atoms with Crippen LogP contribution in [0.15, 0.2) is 53.0 Å². The second kappa shape index (κ2) is 9.65. The number of carbonyl (C=O) groups excluding carboxylic acids is 3. The first-order chi connectivity index (χ1) is 14.8. The van der Waals surface area contributed by atoms with E-state index in [-0.39, 0.29) is 11.7 Å². The zero-order chi connectivity index (χ0) is 22.5. The van der Waals surface area contributed by atoms with Gasteiger partial charge in [0.15, 0.2) is 0 Å². The van der Waals surface area contributed by atoms with Crippen LogP contribution in [0.1, 0.15) is 30.8 Å². The number of benzene rings is 2. The number of fused-ring (bicyclic) bond motifs is 1. The van der Waals surface area contributed by atoms with Gasteiger partial charge in [-0.2, -0.15) is 0 Å². The minimum absolute atomic E-state index is 0.145. The quantitative estimate of drug-likeness (QED) is 0.462. The Morgan fingerprint density at radius 3 is 2.42 bits per heavy atom. The molecule has 3 aromatic rings. The number of nitrogens with zero attached hydrogens (tertiary/aromatic N) is 1. The minimum atomic E-state index is -0.862. The molecule has 0 saturated carbocycles. The average molecular weight is 487 g/mol. The number of halogens is 1. The van der Waals surface area contributed by atoms with E-state index in [0.29, 0.717) is 23.4 Å². The number of hydrogen-bond acceptors (Lipinski definition) is 4. The topological polar surface area (TPSA) is 101 Å². The number of aromatic nitrogens is 1. The maximum Gasteiger partial charge on any atom is 0.328 e. The molecule has 0 fully saturated rings. The molecule has 0 bridgehead atoms. The minimum Gasteiger partial charge on any atom is -0.497 e. The summed E-state index contributed by atoms with van der Waals surface area (Å²) in [4.78, 5) is 37.7. The van der Waals surface area contributed by atoms with Gasteiger partial charge in [-0.25, -0.2) is 4.68 Å². The van der Waals surface area contributed by atoms with Gasteiger partial charge >= 0.3 is 11.8 Å². The zero-order valence-electron chi connectivity index (χ0n) is 17.4. The van der Waals surface area contributed by atoms with Gasteiger partial charge in [0.05, 0.1) is 12.6 Å². The molecule has 0 aliphatic carbocycles. The van der Waals surface area contributed by atoms with Crippen molar-refractivity contribution in [2.24, 2.45) is 0 Å². The first-order valence-corrected chi connectivity index (χ1v) is 10.5. The number of carbonyl (C=O) groups is 3. The van der Waals surface area contributed by atoms with Crippen LogP contribution in [0.2, 0.25) is 0 Å². The summed E-state index contributed by atoms with van der Waals surface area (Å²) in [5.41, 5.74) is 3.85. The average Bonchev–Trinajstić information content (AvgIpc) is 3.11. The second-order valence-electron chi connectivity index (χ2n) is 6.97. The normalized spacial score (nSPS) is 11.6. The van der Waals surface area contributed by atoms with Crippen molar-refractivity contribution in [1.82, 2.24) is 9.99 Å². The highest BCUT2D eigenvalue weighted by atomic mass is 79.9. The summed E-state index contributed by atoms with van der Waals surface area (Å²) in [6, 6.07) is 13.7. The van der Waals surface area contributed by atoms with E-state index in [1.54, 1.807) is 49.6 Å². The lowest BCUT2D eigenvalue weighted by atomic mass is 10.2. The SMILES string of the molecule is CC[C@@H](C)NC(=O)C(=O)Nn1c(C(=O)Nc2ccc(OC)cc2)cc2cc(Br)ccc21. The van der Waals surface area contributed by atoms with Crippen LogP contribution in [0, 0.1) is 0 Å². The highest BCUT2D eigenvalue weighted by molar-refractivity contribution is 9.10. The molecule has 0 radical (unpaired) electrons. The molecule has 0 aliphatic heterocycles. The van der Waals surface area contributed by atoms with Gasteiger partial charge in [0.1, 0.15) is 11.4 Å². The van der Waals surface area contributed by atoms with Crippen molar-refractivity contribution in [3.8, 4) is 5.75 Å². The van der Waals surface area contributed by atoms with Crippen LogP contribution in [-0.4, -0.2) is 35.5 Å². The molecule has 3 N–H and O–H groups in total. The lowest BCUT2D eigenvalue weighted by Gasteiger charge is -2.14. The summed E-state index contributed by atoms with van der Waals surface area (Å²) >= 11 is 3.41. The molecule has 0 spiro atoms. The van der Waals surface area contributed by atoms with Crippen molar-refractivity contribution in [2.45, 2.75) is 26.3 Å². The molecule has 0 saturated heterocycles. The molecule has 31 heavy (non-hydrogen) atoms. The van der Waals surface area contributed by atoms with Gasteiger partial charge in [-0.3, -0.25) is 19.8 Å². The zero-order valence-corrected chi connectivity index (χ0v) is 18.9. The molecule has 3 amide bonds. The Hall–Kier alpha value is -3.33. The first kappa shape index (κ1) is 22.4. The predicted molar refractivity (Wildman–Crippen MR) is 123 cm³/mol. The van der Waals surface area contributed by atoms with Crippen LogP contribution in [0.3, 0.4) is 0 Å². The fourth-order valence-electron chi connectivity index (χ4n) is 2.89. The van der Waals surface area contributed by atoms with Crippen molar-refractivity contribution in [2.75, 3.05) is 17.9 Å². The van der Waals surface area contributed by atoms with Gasteiger partial charge in [0, 0.05) is 21.6 Å². The van der Waals surface area contributed by atoms with Crippen LogP contribution in [0.25, 0.3) is 10.9 Å². The van der Waals surface area contributed by atoms with E-state index < -0.39 is 17.7 Å². The first-order valence-electron chi connectivity index (χ1n) is 9.70. The molecule has 1 heterocycles. The molecular formula is C22H23BrN4O4. The summed E-state index contributed by atoms with van der Waals surface area (Å²) in [6.45, 7) is 3.71. The molecule has 0 unspecified atom stereocenters. The Labute approximate surface area is 188 Å². The van der Waals surface area contributed by atoms with Crippen molar-refractivity contribution < 1.29 is 19.1 Å². The molecule has 8 nitrogen and oxygen atoms in total. The molecule has 1 aromatic heterocycles. The Morgan fingerprint density at radius 2 is 1.77 bits per heavy atom. The van der Waals surface area contributed by atoms with Gasteiger partial charge in [-0.05, 0) is 61.9 Å². The molecule has 0 aliphatic rings. The van der Waals surface area contributed by atoms with Gasteiger partial charge < -0.3 is 15.4 Å². The summed E-state index contributed by atoms with van der Waals surface area (Å²) in [5, 5.41) is 6.12. The van der Waals surface area contributed by atoms with Crippen LogP contribution < -0.4 is 20.8 Å². The summed E-state index contributed by atoms with van der Waals surface area (Å²) in [6.07, 6.45) is 0.689. The van der Waals surface area contributed by atoms with Crippen molar-refractivity contribution in [3.05, 3.63) is 58.7 Å². The third kappa shape index (κ3) is 5.24. The second-order valence-corrected chi connectivity index (χ2v) is 7.89. The van der Waals surface area contributed by atoms with Crippen molar-refractivity contribution in [1.29, 1.82) is 0 Å². The molecule has 3 rings (SSSR count). The highest BCUT2D eigenvalue weighted by Gasteiger charge is 2.21. The fraction of sp³-hybridized carbons (Fsp3) is 0.227. The number of amides is 3. The van der Waals surface area contributed by atoms with Gasteiger partial charge in [0.25, 0.3) is 5.91 Å². The third-order valence-corrected chi connectivity index (χ3v) is 5.25. The third-order valence-electron chi connectivity index (χ3n) is 4.75. The monoisotopic (exact) mass is 486 g/mol. The molecule has 9 heteroatoms. The van der Waals surface area contributed by atoms with Gasteiger partial charge in [-0.15, -0.1) is 0 Å². The summed E-state index contributed by atoms with van der Waals surface area (Å²) in [5.74, 6) is -1.41. The highest BCUT2D eigenvalue weighted by Crippen LogP contribution is 2.24. The standard InChI is InChI=1S/C22H23BrN4O4/c1-4-13(2)24-21(29)22(30)26-27-18-10-5-15(23)11-14(18)12-19(27)20(28)25-16-6-8-17(31-3)9-7-16/h5-13H,4H2,1-3H3,(H,24,29)(H,25,28)(H,26,30)/t13-/m1/s1. The number of methoxy groups -OCH3 is 1. The van der Waals surface area contributed by atoms with Gasteiger partial charge in [0.2, 0.25) is 0 Å². The molecule has 2 aromatic carbocycles. The lowest BCUT2D eigenvalue weighted by Crippen LogP contribution is -2.43. The van der Waals surface area contributed by atoms with E-state index in [0.717, 1.165) is 9.86 Å². The molecule has 162 valence electrons. The fourth-order valence-corrected chi connectivity index (χ4v) is 3.27. The van der Waals surface area contributed by atoms with Crippen molar-refractivity contribution >= 4 is 50.2 Å². The maximum atomic E-state index is 13.0. The van der Waals surface area contributed by atoms with Crippen LogP contribution >= 0.6 is 15.9 Å². The Kier molecular flexibility index (Phi) is 6.96. The number of rotatable bonds is 6. The Bertz CT molecular complexity index is 1120. The van der Waals surface area contributed by atoms with E-state index >= 15 is 0 Å². The van der Waals surface area contributed by atoms with E-state index in [1.807, 2.05) is 19.9 Å².